The number of nitrogens with zero attached hydrogens (tertiary/aromatic N) is 2. The molecule has 0 saturated carbocycles. The van der Waals surface area contributed by atoms with Crippen molar-refractivity contribution in [3.05, 3.63) is 47.0 Å². The van der Waals surface area contributed by atoms with E-state index in [1.165, 1.54) is 5.56 Å². The van der Waals surface area contributed by atoms with Crippen molar-refractivity contribution >= 4 is 42.7 Å². The fourth-order valence-corrected chi connectivity index (χ4v) is 1.93. The van der Waals surface area contributed by atoms with Crippen molar-refractivity contribution < 1.29 is 19.1 Å². The predicted molar refractivity (Wildman–Crippen MR) is 103 cm³/mol. The van der Waals surface area contributed by atoms with E-state index in [4.69, 9.17) is 37.5 Å². The van der Waals surface area contributed by atoms with Crippen LogP contribution in [0.3, 0.4) is 0 Å². The van der Waals surface area contributed by atoms with Crippen LogP contribution in [0.5, 0.6) is 5.75 Å². The Morgan fingerprint density at radius 1 is 1.35 bits per heavy atom. The lowest BCUT2D eigenvalue weighted by Gasteiger charge is -1.99. The number of ether oxygens (including phenoxy) is 1. The summed E-state index contributed by atoms with van der Waals surface area (Å²) in [6.45, 7) is 4.74. The number of primary amides is 1. The van der Waals surface area contributed by atoms with Gasteiger partial charge in [0, 0.05) is 12.4 Å². The Morgan fingerprint density at radius 2 is 1.96 bits per heavy atom. The molecule has 0 aliphatic heterocycles. The van der Waals surface area contributed by atoms with Crippen LogP contribution in [0.4, 0.5) is 0 Å². The zero-order chi connectivity index (χ0) is 20.4. The van der Waals surface area contributed by atoms with E-state index in [2.05, 4.69) is 10.7 Å². The van der Waals surface area contributed by atoms with Gasteiger partial charge in [-0.2, -0.15) is 0 Å². The average molecular weight is 404 g/mol. The van der Waals surface area contributed by atoms with Crippen molar-refractivity contribution in [3.63, 3.8) is 0 Å². The van der Waals surface area contributed by atoms with Gasteiger partial charge in [-0.05, 0) is 31.0 Å². The number of carbonyl (C=O) groups is 3. The topological polar surface area (TPSA) is 104 Å². The first-order chi connectivity index (χ1) is 12.5. The third-order valence-corrected chi connectivity index (χ3v) is 3.35. The van der Waals surface area contributed by atoms with Crippen molar-refractivity contribution in [2.75, 3.05) is 13.0 Å². The first kappa shape index (κ1) is 25.9. The quantitative estimate of drug-likeness (QED) is 0.610. The fraction of sp³-hybridized carbons (Fsp3) is 0.294. The maximum absolute atomic E-state index is 10.3. The van der Waals surface area contributed by atoms with E-state index < -0.39 is 0 Å². The molecule has 144 valence electrons. The lowest BCUT2D eigenvalue weighted by atomic mass is 10.2. The Labute approximate surface area is 163 Å². The summed E-state index contributed by atoms with van der Waals surface area (Å²) < 4.78 is 6.70. The summed E-state index contributed by atoms with van der Waals surface area (Å²) in [5.41, 5.74) is 5.68. The molecule has 2 N–H and O–H groups in total. The normalized spacial score (nSPS) is 8.46. The minimum Gasteiger partial charge on any atom is -0.497 e. The van der Waals surface area contributed by atoms with Gasteiger partial charge in [-0.15, -0.1) is 11.6 Å². The number of rotatable bonds is 5. The number of halogens is 2. The maximum atomic E-state index is 10.3. The molecule has 0 aliphatic rings. The molecule has 1 heterocycles. The number of benzene rings is 1. The van der Waals surface area contributed by atoms with Crippen molar-refractivity contribution in [3.8, 4) is 5.75 Å². The Hall–Kier alpha value is -2.38. The summed E-state index contributed by atoms with van der Waals surface area (Å²) in [5.74, 6) is 1.50. The van der Waals surface area contributed by atoms with E-state index in [0.29, 0.717) is 23.9 Å². The van der Waals surface area contributed by atoms with Gasteiger partial charge >= 0.3 is 0 Å². The van der Waals surface area contributed by atoms with Crippen LogP contribution in [0.1, 0.15) is 22.5 Å². The first-order valence-corrected chi connectivity index (χ1v) is 8.21. The molecule has 26 heavy (non-hydrogen) atoms. The number of methoxy groups -OCH3 is 1. The summed E-state index contributed by atoms with van der Waals surface area (Å²) in [5, 5.41) is 0.384. The maximum Gasteiger partial charge on any atom is 0.204 e. The summed E-state index contributed by atoms with van der Waals surface area (Å²) in [6.07, 6.45) is 3.24. The van der Waals surface area contributed by atoms with Crippen molar-refractivity contribution in [1.82, 2.24) is 9.55 Å². The monoisotopic (exact) mass is 403 g/mol. The second kappa shape index (κ2) is 17.4. The first-order valence-electron chi connectivity index (χ1n) is 7.30. The van der Waals surface area contributed by atoms with Crippen LogP contribution in [0.2, 0.25) is 5.15 Å². The van der Waals surface area contributed by atoms with Crippen LogP contribution in [0, 0.1) is 6.92 Å². The van der Waals surface area contributed by atoms with E-state index in [-0.39, 0.29) is 12.1 Å². The van der Waals surface area contributed by atoms with Crippen molar-refractivity contribution in [2.45, 2.75) is 19.9 Å². The Bertz CT molecular complexity index is 636. The Morgan fingerprint density at radius 3 is 2.35 bits per heavy atom. The van der Waals surface area contributed by atoms with Crippen molar-refractivity contribution in [1.29, 1.82) is 0 Å². The van der Waals surface area contributed by atoms with Gasteiger partial charge in [0.15, 0.2) is 6.29 Å². The second-order valence-corrected chi connectivity index (χ2v) is 5.17. The zero-order valence-corrected chi connectivity index (χ0v) is 16.2. The molecule has 1 aromatic heterocycles. The van der Waals surface area contributed by atoms with Crippen LogP contribution in [0.25, 0.3) is 0 Å². The molecule has 0 spiro atoms. The summed E-state index contributed by atoms with van der Waals surface area (Å²) in [4.78, 5) is 30.7. The fourth-order valence-electron chi connectivity index (χ4n) is 1.59. The third-order valence-electron chi connectivity index (χ3n) is 2.67. The zero-order valence-electron chi connectivity index (χ0n) is 14.7. The van der Waals surface area contributed by atoms with E-state index in [1.54, 1.807) is 18.0 Å². The van der Waals surface area contributed by atoms with Gasteiger partial charge in [0.1, 0.15) is 23.4 Å². The molecular weight excluding hydrogens is 381 g/mol. The molecule has 7 nitrogen and oxygen atoms in total. The minimum absolute atomic E-state index is 0.250. The van der Waals surface area contributed by atoms with Gasteiger partial charge < -0.3 is 19.8 Å². The van der Waals surface area contributed by atoms with E-state index in [0.717, 1.165) is 12.2 Å². The SMILES string of the molecule is C=O.COc1cccc(C)c1.NC=O.O=Cc1ncn(CCCCl)c1Cl. The highest BCUT2D eigenvalue weighted by Gasteiger charge is 2.05. The number of carbonyl (C=O) groups excluding carboxylic acids is 3. The van der Waals surface area contributed by atoms with E-state index in [1.807, 2.05) is 38.0 Å². The molecule has 0 atom stereocenters. The predicted octanol–water partition coefficient (Wildman–Crippen LogP) is 2.90. The molecule has 0 unspecified atom stereocenters. The summed E-state index contributed by atoms with van der Waals surface area (Å²) in [7, 11) is 1.68. The Balaban J connectivity index is 0. The molecular formula is C17H23Cl2N3O4. The number of aryl methyl sites for hydroxylation is 2. The molecule has 9 heteroatoms. The van der Waals surface area contributed by atoms with Gasteiger partial charge in [-0.3, -0.25) is 9.59 Å². The van der Waals surface area contributed by atoms with Gasteiger partial charge in [0.05, 0.1) is 13.4 Å². The van der Waals surface area contributed by atoms with Crippen LogP contribution in [-0.2, 0) is 16.1 Å². The van der Waals surface area contributed by atoms with Crippen LogP contribution < -0.4 is 10.5 Å². The lowest BCUT2D eigenvalue weighted by molar-refractivity contribution is -0.107. The molecule has 2 rings (SSSR count). The average Bonchev–Trinajstić information content (AvgIpc) is 3.02. The number of nitrogens with two attached hydrogens (primary N) is 1. The molecule has 1 aromatic carbocycles. The molecule has 0 aliphatic carbocycles. The van der Waals surface area contributed by atoms with Crippen molar-refractivity contribution in [2.24, 2.45) is 5.73 Å². The largest absolute Gasteiger partial charge is 0.497 e. The molecule has 2 aromatic rings. The summed E-state index contributed by atoms with van der Waals surface area (Å²) >= 11 is 11.3. The number of aromatic nitrogens is 2. The van der Waals surface area contributed by atoms with Crippen LogP contribution >= 0.6 is 23.2 Å². The number of imidazole rings is 1. The van der Waals surface area contributed by atoms with Gasteiger partial charge in [0.2, 0.25) is 6.41 Å². The molecule has 0 bridgehead atoms. The van der Waals surface area contributed by atoms with Crippen LogP contribution in [-0.4, -0.2) is 42.0 Å². The molecule has 0 fully saturated rings. The smallest absolute Gasteiger partial charge is 0.204 e. The van der Waals surface area contributed by atoms with Gasteiger partial charge in [-0.25, -0.2) is 4.98 Å². The van der Waals surface area contributed by atoms with E-state index in [9.17, 15) is 4.79 Å². The number of hydrogen-bond donors (Lipinski definition) is 1. The van der Waals surface area contributed by atoms with Gasteiger partial charge in [-0.1, -0.05) is 23.7 Å². The highest BCUT2D eigenvalue weighted by Crippen LogP contribution is 2.13. The number of hydrogen-bond acceptors (Lipinski definition) is 5. The number of amides is 1. The molecule has 1 amide bonds. The second-order valence-electron chi connectivity index (χ2n) is 4.43. The highest BCUT2D eigenvalue weighted by molar-refractivity contribution is 6.31. The van der Waals surface area contributed by atoms with E-state index >= 15 is 0 Å². The minimum atomic E-state index is 0.250. The van der Waals surface area contributed by atoms with Crippen LogP contribution in [0.15, 0.2) is 30.6 Å². The Kier molecular flexibility index (Phi) is 17.3. The number of aldehydes is 1. The third kappa shape index (κ3) is 11.2. The van der Waals surface area contributed by atoms with Gasteiger partial charge in [0.25, 0.3) is 0 Å². The lowest BCUT2D eigenvalue weighted by Crippen LogP contribution is -1.96. The molecule has 0 radical (unpaired) electrons. The highest BCUT2D eigenvalue weighted by atomic mass is 35.5. The molecule has 0 saturated heterocycles. The summed E-state index contributed by atoms with van der Waals surface area (Å²) in [6, 6.07) is 7.96. The number of alkyl halides is 1. The standard InChI is InChI=1S/C8H10O.C7H8Cl2N2O.CH3NO.CH2O/c1-7-4-3-5-8(6-7)9-2;8-2-1-3-11-5-10-6(4-12)7(11)9;2-1-3;1-2/h3-6H,1-2H3;4-5H,1-3H2;1H,(H2,2,3);1H2.